The number of nitriles is 1. The van der Waals surface area contributed by atoms with Crippen molar-refractivity contribution in [2.24, 2.45) is 5.92 Å². The molecule has 1 fully saturated rings. The van der Waals surface area contributed by atoms with Gasteiger partial charge in [0.2, 0.25) is 0 Å². The maximum atomic E-state index is 13.2. The van der Waals surface area contributed by atoms with Gasteiger partial charge in [-0.05, 0) is 35.6 Å². The minimum Gasteiger partial charge on any atom is -0.378 e. The van der Waals surface area contributed by atoms with E-state index in [9.17, 15) is 9.65 Å². The van der Waals surface area contributed by atoms with Gasteiger partial charge >= 0.3 is 0 Å². The van der Waals surface area contributed by atoms with Gasteiger partial charge in [0.15, 0.2) is 0 Å². The maximum absolute atomic E-state index is 13.2. The molecule has 1 atom stereocenters. The summed E-state index contributed by atoms with van der Waals surface area (Å²) in [7, 11) is 0. The highest BCUT2D eigenvalue weighted by Gasteiger charge is 2.31. The van der Waals surface area contributed by atoms with Crippen LogP contribution in [0.2, 0.25) is 0 Å². The molecule has 1 saturated heterocycles. The predicted molar refractivity (Wildman–Crippen MR) is 120 cm³/mol. The van der Waals surface area contributed by atoms with E-state index in [2.05, 4.69) is 24.8 Å². The van der Waals surface area contributed by atoms with Gasteiger partial charge in [0.25, 0.3) is 0 Å². The molecule has 4 rings (SSSR count). The van der Waals surface area contributed by atoms with E-state index in [-0.39, 0.29) is 11.9 Å². The predicted octanol–water partition coefficient (Wildman–Crippen LogP) is 4.36. The van der Waals surface area contributed by atoms with Crippen molar-refractivity contribution < 1.29 is 13.9 Å². The number of nitrogens with zero attached hydrogens (tertiary/aromatic N) is 3. The Morgan fingerprint density at radius 3 is 2.65 bits per heavy atom. The lowest BCUT2D eigenvalue weighted by molar-refractivity contribution is -0.000574. The van der Waals surface area contributed by atoms with Crippen LogP contribution in [0.5, 0.6) is 0 Å². The summed E-state index contributed by atoms with van der Waals surface area (Å²) < 4.78 is 24.8. The van der Waals surface area contributed by atoms with E-state index < -0.39 is 0 Å². The Hall–Kier alpha value is -2.14. The lowest BCUT2D eigenvalue weighted by atomic mass is 9.91. The molecule has 0 saturated carbocycles. The summed E-state index contributed by atoms with van der Waals surface area (Å²) in [6.07, 6.45) is 1.64. The van der Waals surface area contributed by atoms with Crippen molar-refractivity contribution in [1.82, 2.24) is 4.98 Å². The number of hydrogen-bond acceptors (Lipinski definition) is 6. The average molecular weight is 442 g/mol. The van der Waals surface area contributed by atoms with Crippen LogP contribution < -0.4 is 4.90 Å². The van der Waals surface area contributed by atoms with Crippen LogP contribution >= 0.6 is 11.8 Å². The van der Waals surface area contributed by atoms with E-state index in [1.807, 2.05) is 12.1 Å². The number of benzene rings is 1. The number of aromatic nitrogens is 1. The Morgan fingerprint density at radius 1 is 1.23 bits per heavy atom. The highest BCUT2D eigenvalue weighted by molar-refractivity contribution is 7.99. The standard InChI is InChI=1S/C24H28FN3O2S/c1-16(2)22-13-19-20(14-26)24(31-12-7-17-3-5-18(25)6-4-17)27-23(21(19)15-30-22)28-8-10-29-11-9-28/h3-6,16,22H,7-13,15H2,1-2H3. The molecule has 1 aromatic carbocycles. The molecule has 3 heterocycles. The van der Waals surface area contributed by atoms with Crippen molar-refractivity contribution in [3.8, 4) is 6.07 Å². The van der Waals surface area contributed by atoms with Crippen LogP contribution in [-0.2, 0) is 28.9 Å². The summed E-state index contributed by atoms with van der Waals surface area (Å²) in [4.78, 5) is 7.22. The lowest BCUT2D eigenvalue weighted by Gasteiger charge is -2.35. The van der Waals surface area contributed by atoms with E-state index >= 15 is 0 Å². The average Bonchev–Trinajstić information content (AvgIpc) is 2.80. The summed E-state index contributed by atoms with van der Waals surface area (Å²) in [5, 5.41) is 10.8. The fraction of sp³-hybridized carbons (Fsp3) is 0.500. The minimum absolute atomic E-state index is 0.108. The number of halogens is 1. The molecule has 5 nitrogen and oxygen atoms in total. The van der Waals surface area contributed by atoms with Gasteiger partial charge in [-0.1, -0.05) is 26.0 Å². The van der Waals surface area contributed by atoms with Crippen molar-refractivity contribution in [1.29, 1.82) is 5.26 Å². The zero-order valence-corrected chi connectivity index (χ0v) is 18.9. The molecule has 0 radical (unpaired) electrons. The second kappa shape index (κ2) is 9.99. The Labute approximate surface area is 187 Å². The number of fused-ring (bicyclic) bond motifs is 1. The van der Waals surface area contributed by atoms with Crippen LogP contribution in [0.1, 0.15) is 36.1 Å². The van der Waals surface area contributed by atoms with Crippen LogP contribution in [-0.4, -0.2) is 43.1 Å². The third-order valence-electron chi connectivity index (χ3n) is 5.91. The molecule has 0 amide bonds. The first-order valence-electron chi connectivity index (χ1n) is 10.8. The molecule has 1 unspecified atom stereocenters. The number of anilines is 1. The number of rotatable bonds is 6. The molecule has 2 aliphatic heterocycles. The molecule has 2 aromatic rings. The van der Waals surface area contributed by atoms with Crippen molar-refractivity contribution >= 4 is 17.6 Å². The first-order chi connectivity index (χ1) is 15.1. The van der Waals surface area contributed by atoms with E-state index in [1.54, 1.807) is 11.8 Å². The Morgan fingerprint density at radius 2 is 1.97 bits per heavy atom. The van der Waals surface area contributed by atoms with Crippen molar-refractivity contribution in [2.45, 2.75) is 44.4 Å². The number of thioether (sulfide) groups is 1. The Bertz CT molecular complexity index is 953. The molecule has 2 aliphatic rings. The van der Waals surface area contributed by atoms with Gasteiger partial charge in [0.1, 0.15) is 22.7 Å². The summed E-state index contributed by atoms with van der Waals surface area (Å²) in [6.45, 7) is 7.75. The van der Waals surface area contributed by atoms with E-state index in [4.69, 9.17) is 14.5 Å². The molecule has 0 aliphatic carbocycles. The summed E-state index contributed by atoms with van der Waals surface area (Å²) in [5.41, 5.74) is 3.91. The number of ether oxygens (including phenoxy) is 2. The highest BCUT2D eigenvalue weighted by atomic mass is 32.2. The summed E-state index contributed by atoms with van der Waals surface area (Å²) in [5.74, 6) is 1.87. The van der Waals surface area contributed by atoms with Gasteiger partial charge in [-0.15, -0.1) is 11.8 Å². The van der Waals surface area contributed by atoms with Gasteiger partial charge in [-0.3, -0.25) is 0 Å². The zero-order chi connectivity index (χ0) is 21.8. The number of pyridine rings is 1. The third kappa shape index (κ3) is 5.03. The van der Waals surface area contributed by atoms with Crippen molar-refractivity contribution in [3.05, 3.63) is 52.3 Å². The molecule has 0 spiro atoms. The number of hydrogen-bond donors (Lipinski definition) is 0. The maximum Gasteiger partial charge on any atom is 0.135 e. The van der Waals surface area contributed by atoms with Gasteiger partial charge in [-0.25, -0.2) is 9.37 Å². The van der Waals surface area contributed by atoms with Gasteiger partial charge in [-0.2, -0.15) is 5.26 Å². The molecule has 31 heavy (non-hydrogen) atoms. The first-order valence-corrected chi connectivity index (χ1v) is 11.8. The molecule has 0 bridgehead atoms. The Balaban J connectivity index is 1.63. The van der Waals surface area contributed by atoms with Crippen LogP contribution in [0, 0.1) is 23.1 Å². The zero-order valence-electron chi connectivity index (χ0n) is 18.1. The van der Waals surface area contributed by atoms with Gasteiger partial charge in [0.05, 0.1) is 31.5 Å². The number of morpholine rings is 1. The monoisotopic (exact) mass is 441 g/mol. The van der Waals surface area contributed by atoms with E-state index in [0.717, 1.165) is 59.2 Å². The smallest absolute Gasteiger partial charge is 0.135 e. The second-order valence-corrected chi connectivity index (χ2v) is 9.39. The van der Waals surface area contributed by atoms with Gasteiger partial charge < -0.3 is 14.4 Å². The molecular formula is C24H28FN3O2S. The second-order valence-electron chi connectivity index (χ2n) is 8.31. The normalized spacial score (nSPS) is 18.7. The topological polar surface area (TPSA) is 58.4 Å². The highest BCUT2D eigenvalue weighted by Crippen LogP contribution is 2.37. The molecule has 7 heteroatoms. The fourth-order valence-electron chi connectivity index (χ4n) is 4.06. The fourth-order valence-corrected chi connectivity index (χ4v) is 5.06. The van der Waals surface area contributed by atoms with Crippen molar-refractivity contribution in [2.75, 3.05) is 37.0 Å². The quantitative estimate of drug-likeness (QED) is 0.621. The van der Waals surface area contributed by atoms with Crippen molar-refractivity contribution in [3.63, 3.8) is 0 Å². The van der Waals surface area contributed by atoms with Crippen LogP contribution in [0.3, 0.4) is 0 Å². The van der Waals surface area contributed by atoms with E-state index in [0.29, 0.717) is 31.3 Å². The number of aryl methyl sites for hydroxylation is 1. The summed E-state index contributed by atoms with van der Waals surface area (Å²) in [6, 6.07) is 9.03. The molecular weight excluding hydrogens is 413 g/mol. The molecule has 1 aromatic heterocycles. The minimum atomic E-state index is -0.225. The largest absolute Gasteiger partial charge is 0.378 e. The SMILES string of the molecule is CC(C)C1Cc2c(C#N)c(SCCc3ccc(F)cc3)nc(N3CCOCC3)c2CO1. The van der Waals surface area contributed by atoms with Crippen LogP contribution in [0.25, 0.3) is 0 Å². The molecule has 164 valence electrons. The Kier molecular flexibility index (Phi) is 7.11. The third-order valence-corrected chi connectivity index (χ3v) is 6.89. The van der Waals surface area contributed by atoms with E-state index in [1.165, 1.54) is 12.1 Å². The van der Waals surface area contributed by atoms with Gasteiger partial charge in [0, 0.05) is 30.8 Å². The van der Waals surface area contributed by atoms with Crippen LogP contribution in [0.4, 0.5) is 10.2 Å². The molecule has 0 N–H and O–H groups in total. The first kappa shape index (κ1) is 22.1. The van der Waals surface area contributed by atoms with Crippen LogP contribution in [0.15, 0.2) is 29.3 Å². The summed E-state index contributed by atoms with van der Waals surface area (Å²) >= 11 is 1.61. The lowest BCUT2D eigenvalue weighted by Crippen LogP contribution is -2.39.